The molecule has 4 nitrogen and oxygen atoms in total. The van der Waals surface area contributed by atoms with Crippen LogP contribution in [0.2, 0.25) is 0 Å². The van der Waals surface area contributed by atoms with Crippen molar-refractivity contribution < 1.29 is 14.6 Å². The van der Waals surface area contributed by atoms with Crippen LogP contribution >= 0.6 is 0 Å². The third-order valence-corrected chi connectivity index (χ3v) is 2.35. The van der Waals surface area contributed by atoms with Crippen LogP contribution in [0, 0.1) is 5.92 Å². The molecule has 3 N–H and O–H groups in total. The zero-order valence-electron chi connectivity index (χ0n) is 9.78. The Morgan fingerprint density at radius 1 is 1.50 bits per heavy atom. The van der Waals surface area contributed by atoms with E-state index in [1.165, 1.54) is 13.2 Å². The van der Waals surface area contributed by atoms with Crippen LogP contribution in [0.3, 0.4) is 0 Å². The summed E-state index contributed by atoms with van der Waals surface area (Å²) < 4.78 is 5.05. The van der Waals surface area contributed by atoms with Crippen molar-refractivity contribution in [3.63, 3.8) is 0 Å². The zero-order valence-corrected chi connectivity index (χ0v) is 9.78. The molecule has 0 aliphatic rings. The molecule has 1 rings (SSSR count). The number of nitrogens with two attached hydrogens (primary N) is 1. The van der Waals surface area contributed by atoms with Gasteiger partial charge in [-0.05, 0) is 24.0 Å². The van der Waals surface area contributed by atoms with E-state index in [0.29, 0.717) is 11.6 Å². The van der Waals surface area contributed by atoms with E-state index in [9.17, 15) is 4.79 Å². The first-order valence-corrected chi connectivity index (χ1v) is 5.16. The normalized spacial score (nSPS) is 10.5. The maximum atomic E-state index is 10.9. The van der Waals surface area contributed by atoms with Crippen LogP contribution in [0.4, 0.5) is 5.69 Å². The lowest BCUT2D eigenvalue weighted by molar-refractivity contribution is 0.0693. The highest BCUT2D eigenvalue weighted by molar-refractivity contribution is 5.93. The molecule has 88 valence electrons. The highest BCUT2D eigenvalue weighted by Crippen LogP contribution is 2.31. The van der Waals surface area contributed by atoms with Crippen molar-refractivity contribution in [3.05, 3.63) is 23.3 Å². The maximum Gasteiger partial charge on any atom is 0.339 e. The van der Waals surface area contributed by atoms with Gasteiger partial charge in [0.05, 0.1) is 12.8 Å². The van der Waals surface area contributed by atoms with E-state index in [2.05, 4.69) is 13.8 Å². The number of ether oxygens (including phenoxy) is 1. The van der Waals surface area contributed by atoms with Gasteiger partial charge in [-0.1, -0.05) is 19.9 Å². The Morgan fingerprint density at radius 3 is 2.56 bits per heavy atom. The standard InChI is InChI=1S/C12H17NO3/c1-7(2)6-8-4-5-9(12(14)15)11(16-3)10(8)13/h4-5,7H,6,13H2,1-3H3,(H,14,15). The summed E-state index contributed by atoms with van der Waals surface area (Å²) >= 11 is 0. The lowest BCUT2D eigenvalue weighted by Gasteiger charge is -2.13. The van der Waals surface area contributed by atoms with Gasteiger partial charge in [0.2, 0.25) is 0 Å². The van der Waals surface area contributed by atoms with Crippen molar-refractivity contribution in [1.29, 1.82) is 0 Å². The van der Waals surface area contributed by atoms with Crippen molar-refractivity contribution in [3.8, 4) is 5.75 Å². The Morgan fingerprint density at radius 2 is 2.12 bits per heavy atom. The summed E-state index contributed by atoms with van der Waals surface area (Å²) in [5, 5.41) is 8.96. The molecule has 0 fully saturated rings. The Balaban J connectivity index is 3.23. The molecular weight excluding hydrogens is 206 g/mol. The zero-order chi connectivity index (χ0) is 12.3. The molecule has 0 saturated heterocycles. The average molecular weight is 223 g/mol. The van der Waals surface area contributed by atoms with Crippen LogP contribution in [0.15, 0.2) is 12.1 Å². The van der Waals surface area contributed by atoms with Gasteiger partial charge in [-0.2, -0.15) is 0 Å². The van der Waals surface area contributed by atoms with Crippen LogP contribution in [0.5, 0.6) is 5.75 Å². The molecule has 0 amide bonds. The third-order valence-electron chi connectivity index (χ3n) is 2.35. The molecule has 0 radical (unpaired) electrons. The Kier molecular flexibility index (Phi) is 3.77. The Hall–Kier alpha value is -1.71. The summed E-state index contributed by atoms with van der Waals surface area (Å²) in [5.74, 6) is -0.312. The number of carbonyl (C=O) groups is 1. The number of anilines is 1. The van der Waals surface area contributed by atoms with Crippen LogP contribution < -0.4 is 10.5 Å². The molecule has 4 heteroatoms. The largest absolute Gasteiger partial charge is 0.494 e. The molecule has 16 heavy (non-hydrogen) atoms. The second-order valence-corrected chi connectivity index (χ2v) is 4.12. The number of carboxylic acid groups (broad SMARTS) is 1. The van der Waals surface area contributed by atoms with Crippen LogP contribution in [0.25, 0.3) is 0 Å². The molecule has 1 aromatic rings. The van der Waals surface area contributed by atoms with Crippen molar-refractivity contribution >= 4 is 11.7 Å². The number of benzene rings is 1. The van der Waals surface area contributed by atoms with E-state index >= 15 is 0 Å². The van der Waals surface area contributed by atoms with Gasteiger partial charge < -0.3 is 15.6 Å². The summed E-state index contributed by atoms with van der Waals surface area (Å²) in [6, 6.07) is 3.29. The Bertz CT molecular complexity index is 399. The van der Waals surface area contributed by atoms with Gasteiger partial charge in [-0.15, -0.1) is 0 Å². The van der Waals surface area contributed by atoms with Gasteiger partial charge in [0.25, 0.3) is 0 Å². The van der Waals surface area contributed by atoms with Gasteiger partial charge in [-0.3, -0.25) is 0 Å². The molecule has 0 heterocycles. The molecule has 0 saturated carbocycles. The summed E-state index contributed by atoms with van der Waals surface area (Å²) in [6.45, 7) is 4.16. The number of hydrogen-bond acceptors (Lipinski definition) is 3. The van der Waals surface area contributed by atoms with E-state index in [4.69, 9.17) is 15.6 Å². The van der Waals surface area contributed by atoms with Gasteiger partial charge >= 0.3 is 5.97 Å². The molecule has 0 unspecified atom stereocenters. The molecular formula is C12H17NO3. The first kappa shape index (κ1) is 12.4. The van der Waals surface area contributed by atoms with Crippen molar-refractivity contribution in [2.75, 3.05) is 12.8 Å². The number of carboxylic acids is 1. The van der Waals surface area contributed by atoms with Gasteiger partial charge in [0.15, 0.2) is 5.75 Å². The quantitative estimate of drug-likeness (QED) is 0.767. The predicted molar refractivity (Wildman–Crippen MR) is 62.9 cm³/mol. The molecule has 1 aromatic carbocycles. The summed E-state index contributed by atoms with van der Waals surface area (Å²) in [5.41, 5.74) is 7.35. The second-order valence-electron chi connectivity index (χ2n) is 4.12. The minimum Gasteiger partial charge on any atom is -0.494 e. The van der Waals surface area contributed by atoms with Crippen molar-refractivity contribution in [2.45, 2.75) is 20.3 Å². The fraction of sp³-hybridized carbons (Fsp3) is 0.417. The van der Waals surface area contributed by atoms with Crippen molar-refractivity contribution in [2.24, 2.45) is 5.92 Å². The first-order valence-electron chi connectivity index (χ1n) is 5.16. The first-order chi connectivity index (χ1) is 7.47. The fourth-order valence-electron chi connectivity index (χ4n) is 1.65. The third kappa shape index (κ3) is 2.45. The highest BCUT2D eigenvalue weighted by Gasteiger charge is 2.16. The maximum absolute atomic E-state index is 10.9. The molecule has 0 spiro atoms. The highest BCUT2D eigenvalue weighted by atomic mass is 16.5. The van der Waals surface area contributed by atoms with Crippen LogP contribution in [-0.2, 0) is 6.42 Å². The molecule has 0 atom stereocenters. The minimum absolute atomic E-state index is 0.104. The summed E-state index contributed by atoms with van der Waals surface area (Å²) in [6.07, 6.45) is 0.808. The molecule has 0 bridgehead atoms. The van der Waals surface area contributed by atoms with Gasteiger partial charge in [-0.25, -0.2) is 4.79 Å². The van der Waals surface area contributed by atoms with Crippen LogP contribution in [0.1, 0.15) is 29.8 Å². The number of nitrogen functional groups attached to an aromatic ring is 1. The lowest BCUT2D eigenvalue weighted by Crippen LogP contribution is -2.07. The predicted octanol–water partition coefficient (Wildman–Crippen LogP) is 2.17. The fourth-order valence-corrected chi connectivity index (χ4v) is 1.65. The molecule has 0 aromatic heterocycles. The Labute approximate surface area is 95.0 Å². The molecule has 0 aliphatic heterocycles. The van der Waals surface area contributed by atoms with Gasteiger partial charge in [0, 0.05) is 0 Å². The van der Waals surface area contributed by atoms with E-state index in [0.717, 1.165) is 12.0 Å². The smallest absolute Gasteiger partial charge is 0.339 e. The monoisotopic (exact) mass is 223 g/mol. The topological polar surface area (TPSA) is 72.5 Å². The number of hydrogen-bond donors (Lipinski definition) is 2. The van der Waals surface area contributed by atoms with E-state index in [1.54, 1.807) is 6.07 Å². The van der Waals surface area contributed by atoms with Gasteiger partial charge in [0.1, 0.15) is 5.56 Å². The summed E-state index contributed by atoms with van der Waals surface area (Å²) in [4.78, 5) is 10.9. The lowest BCUT2D eigenvalue weighted by atomic mass is 9.99. The second kappa shape index (κ2) is 4.88. The SMILES string of the molecule is COc1c(C(=O)O)ccc(CC(C)C)c1N. The number of rotatable bonds is 4. The summed E-state index contributed by atoms with van der Waals surface area (Å²) in [7, 11) is 1.43. The minimum atomic E-state index is -1.03. The number of aromatic carboxylic acids is 1. The molecule has 0 aliphatic carbocycles. The van der Waals surface area contributed by atoms with Crippen LogP contribution in [-0.4, -0.2) is 18.2 Å². The van der Waals surface area contributed by atoms with E-state index in [1.807, 2.05) is 0 Å². The average Bonchev–Trinajstić information content (AvgIpc) is 2.19. The number of methoxy groups -OCH3 is 1. The van der Waals surface area contributed by atoms with E-state index in [-0.39, 0.29) is 11.3 Å². The van der Waals surface area contributed by atoms with E-state index < -0.39 is 5.97 Å². The van der Waals surface area contributed by atoms with Crippen molar-refractivity contribution in [1.82, 2.24) is 0 Å².